The van der Waals surface area contributed by atoms with Gasteiger partial charge in [-0.05, 0) is 48.2 Å². The Labute approximate surface area is 219 Å². The van der Waals surface area contributed by atoms with Gasteiger partial charge in [0.15, 0.2) is 0 Å². The lowest BCUT2D eigenvalue weighted by atomic mass is 9.95. The molecule has 0 spiro atoms. The third-order valence-corrected chi connectivity index (χ3v) is 7.00. The Morgan fingerprint density at radius 3 is 2.66 bits per heavy atom. The fraction of sp³-hybridized carbons (Fsp3) is 0.321. The molecule has 2 aromatic carbocycles. The molecule has 194 valence electrons. The van der Waals surface area contributed by atoms with Crippen LogP contribution in [0.2, 0.25) is 0 Å². The SMILES string of the molecule is COC(=O)[C@H](Cc1ccc(N=[N+]=[N-])cc1)NC(=O)c1ccc2c(c1)nc(-c1ccoc1)n2C1CCCCC1. The Hall–Kier alpha value is -4.56. The van der Waals surface area contributed by atoms with Gasteiger partial charge >= 0.3 is 5.97 Å². The Kier molecular flexibility index (Phi) is 7.42. The van der Waals surface area contributed by atoms with E-state index in [1.807, 2.05) is 12.1 Å². The minimum atomic E-state index is -0.894. The van der Waals surface area contributed by atoms with Crippen LogP contribution in [-0.2, 0) is 16.0 Å². The highest BCUT2D eigenvalue weighted by atomic mass is 16.5. The van der Waals surface area contributed by atoms with Crippen LogP contribution in [0.4, 0.5) is 5.69 Å². The Bertz CT molecular complexity index is 1480. The number of imidazole rings is 1. The van der Waals surface area contributed by atoms with E-state index in [-0.39, 0.29) is 6.42 Å². The monoisotopic (exact) mass is 512 g/mol. The van der Waals surface area contributed by atoms with E-state index in [1.165, 1.54) is 26.4 Å². The van der Waals surface area contributed by atoms with Crippen LogP contribution in [0.3, 0.4) is 0 Å². The van der Waals surface area contributed by atoms with Gasteiger partial charge in [0.25, 0.3) is 5.91 Å². The zero-order valence-corrected chi connectivity index (χ0v) is 21.0. The van der Waals surface area contributed by atoms with Gasteiger partial charge in [0, 0.05) is 28.6 Å². The number of hydrogen-bond acceptors (Lipinski definition) is 6. The summed E-state index contributed by atoms with van der Waals surface area (Å²) in [6, 6.07) is 13.6. The number of rotatable bonds is 8. The molecule has 1 N–H and O–H groups in total. The second-order valence-electron chi connectivity index (χ2n) is 9.42. The standard InChI is InChI=1S/C28H28N6O4/c1-37-28(36)24(15-18-7-10-21(11-8-18)32-33-29)31-27(35)19-9-12-25-23(16-19)30-26(20-13-14-38-17-20)34(25)22-5-3-2-4-6-22/h7-14,16-17,22,24H,2-6,15H2,1H3,(H,31,35)/t24-/m0/s1. The number of azide groups is 1. The average Bonchev–Trinajstić information content (AvgIpc) is 3.61. The number of aromatic nitrogens is 2. The first-order valence-electron chi connectivity index (χ1n) is 12.6. The van der Waals surface area contributed by atoms with E-state index < -0.39 is 17.9 Å². The van der Waals surface area contributed by atoms with Gasteiger partial charge in [0.2, 0.25) is 0 Å². The van der Waals surface area contributed by atoms with Crippen LogP contribution < -0.4 is 5.32 Å². The van der Waals surface area contributed by atoms with E-state index in [1.54, 1.807) is 48.9 Å². The van der Waals surface area contributed by atoms with Crippen molar-refractivity contribution >= 4 is 28.6 Å². The van der Waals surface area contributed by atoms with Gasteiger partial charge in [0.1, 0.15) is 18.1 Å². The fourth-order valence-electron chi connectivity index (χ4n) is 5.11. The van der Waals surface area contributed by atoms with Crippen molar-refractivity contribution in [2.24, 2.45) is 5.11 Å². The van der Waals surface area contributed by atoms with Gasteiger partial charge in [-0.1, -0.05) is 48.6 Å². The summed E-state index contributed by atoms with van der Waals surface area (Å²) in [4.78, 5) is 33.4. The lowest BCUT2D eigenvalue weighted by Crippen LogP contribution is -2.43. The number of fused-ring (bicyclic) bond motifs is 1. The van der Waals surface area contributed by atoms with E-state index in [2.05, 4.69) is 19.9 Å². The molecule has 0 bridgehead atoms. The highest BCUT2D eigenvalue weighted by molar-refractivity contribution is 5.99. The number of nitrogens with one attached hydrogen (secondary N) is 1. The third kappa shape index (κ3) is 5.26. The lowest BCUT2D eigenvalue weighted by Gasteiger charge is -2.25. The maximum atomic E-state index is 13.2. The number of carbonyl (C=O) groups excluding carboxylic acids is 2. The van der Waals surface area contributed by atoms with Crippen molar-refractivity contribution in [1.29, 1.82) is 0 Å². The Balaban J connectivity index is 1.42. The number of ether oxygens (including phenoxy) is 1. The van der Waals surface area contributed by atoms with Crippen molar-refractivity contribution in [3.05, 3.63) is 82.6 Å². The number of benzene rings is 2. The molecule has 5 rings (SSSR count). The molecule has 4 aromatic rings. The van der Waals surface area contributed by atoms with Gasteiger partial charge in [-0.15, -0.1) is 0 Å². The summed E-state index contributed by atoms with van der Waals surface area (Å²) in [6.45, 7) is 0. The largest absolute Gasteiger partial charge is 0.472 e. The number of esters is 1. The molecule has 10 heteroatoms. The zero-order chi connectivity index (χ0) is 26.5. The van der Waals surface area contributed by atoms with Crippen LogP contribution in [0.25, 0.3) is 32.9 Å². The van der Waals surface area contributed by atoms with Gasteiger partial charge in [0.05, 0.1) is 30.0 Å². The molecule has 1 aliphatic rings. The van der Waals surface area contributed by atoms with Crippen molar-refractivity contribution in [2.45, 2.75) is 50.6 Å². The van der Waals surface area contributed by atoms with Crippen molar-refractivity contribution in [1.82, 2.24) is 14.9 Å². The zero-order valence-electron chi connectivity index (χ0n) is 21.0. The molecular weight excluding hydrogens is 484 g/mol. The van der Waals surface area contributed by atoms with Crippen LogP contribution in [0.5, 0.6) is 0 Å². The lowest BCUT2D eigenvalue weighted by molar-refractivity contribution is -0.142. The normalized spacial score (nSPS) is 14.6. The van der Waals surface area contributed by atoms with Crippen molar-refractivity contribution in [3.8, 4) is 11.4 Å². The minimum Gasteiger partial charge on any atom is -0.472 e. The van der Waals surface area contributed by atoms with Crippen LogP contribution in [0.1, 0.15) is 54.1 Å². The molecule has 2 heterocycles. The molecular formula is C28H28N6O4. The predicted molar refractivity (Wildman–Crippen MR) is 142 cm³/mol. The molecule has 10 nitrogen and oxygen atoms in total. The van der Waals surface area contributed by atoms with E-state index in [0.717, 1.165) is 35.3 Å². The van der Waals surface area contributed by atoms with E-state index in [9.17, 15) is 9.59 Å². The maximum Gasteiger partial charge on any atom is 0.328 e. The summed E-state index contributed by atoms with van der Waals surface area (Å²) in [5.41, 5.74) is 12.8. The summed E-state index contributed by atoms with van der Waals surface area (Å²) in [5.74, 6) is -0.123. The highest BCUT2D eigenvalue weighted by Gasteiger charge is 2.25. The van der Waals surface area contributed by atoms with Crippen molar-refractivity contribution < 1.29 is 18.7 Å². The van der Waals surface area contributed by atoms with Gasteiger partial charge in [-0.2, -0.15) is 0 Å². The molecule has 1 amide bonds. The van der Waals surface area contributed by atoms with Gasteiger partial charge in [-0.25, -0.2) is 9.78 Å². The second kappa shape index (κ2) is 11.2. The van der Waals surface area contributed by atoms with E-state index in [4.69, 9.17) is 19.7 Å². The minimum absolute atomic E-state index is 0.220. The molecule has 1 aliphatic carbocycles. The summed E-state index contributed by atoms with van der Waals surface area (Å²) in [6.07, 6.45) is 9.32. The molecule has 0 radical (unpaired) electrons. The summed E-state index contributed by atoms with van der Waals surface area (Å²) >= 11 is 0. The van der Waals surface area contributed by atoms with Crippen LogP contribution in [0, 0.1) is 0 Å². The van der Waals surface area contributed by atoms with Crippen LogP contribution in [0.15, 0.2) is 70.6 Å². The smallest absolute Gasteiger partial charge is 0.328 e. The first-order valence-corrected chi connectivity index (χ1v) is 12.6. The molecule has 2 aromatic heterocycles. The van der Waals surface area contributed by atoms with Crippen molar-refractivity contribution in [3.63, 3.8) is 0 Å². The van der Waals surface area contributed by atoms with Gasteiger partial charge < -0.3 is 19.0 Å². The van der Waals surface area contributed by atoms with Gasteiger partial charge in [-0.3, -0.25) is 4.79 Å². The fourth-order valence-corrected chi connectivity index (χ4v) is 5.11. The Morgan fingerprint density at radius 2 is 1.97 bits per heavy atom. The quantitative estimate of drug-likeness (QED) is 0.129. The molecule has 1 atom stereocenters. The number of nitrogens with zero attached hydrogens (tertiary/aromatic N) is 5. The first-order chi connectivity index (χ1) is 18.6. The highest BCUT2D eigenvalue weighted by Crippen LogP contribution is 2.36. The number of methoxy groups -OCH3 is 1. The first kappa shape index (κ1) is 25.1. The molecule has 0 unspecified atom stereocenters. The Morgan fingerprint density at radius 1 is 1.18 bits per heavy atom. The number of amides is 1. The second-order valence-corrected chi connectivity index (χ2v) is 9.42. The van der Waals surface area contributed by atoms with E-state index >= 15 is 0 Å². The number of hydrogen-bond donors (Lipinski definition) is 1. The van der Waals surface area contributed by atoms with Crippen molar-refractivity contribution in [2.75, 3.05) is 7.11 Å². The topological polar surface area (TPSA) is 135 Å². The molecule has 0 saturated heterocycles. The van der Waals surface area contributed by atoms with Crippen LogP contribution in [-0.4, -0.2) is 34.6 Å². The predicted octanol–water partition coefficient (Wildman–Crippen LogP) is 6.26. The maximum absolute atomic E-state index is 13.2. The molecule has 0 aliphatic heterocycles. The molecule has 38 heavy (non-hydrogen) atoms. The summed E-state index contributed by atoms with van der Waals surface area (Å²) < 4.78 is 12.5. The number of carbonyl (C=O) groups is 2. The molecule has 1 saturated carbocycles. The summed E-state index contributed by atoms with van der Waals surface area (Å²) in [5, 5.41) is 6.36. The molecule has 1 fully saturated rings. The number of furan rings is 1. The van der Waals surface area contributed by atoms with Crippen LogP contribution >= 0.6 is 0 Å². The summed E-state index contributed by atoms with van der Waals surface area (Å²) in [7, 11) is 1.29. The van der Waals surface area contributed by atoms with E-state index in [0.29, 0.717) is 22.8 Å². The third-order valence-electron chi connectivity index (χ3n) is 7.00. The average molecular weight is 513 g/mol.